The van der Waals surface area contributed by atoms with Crippen molar-refractivity contribution in [3.63, 3.8) is 0 Å². The van der Waals surface area contributed by atoms with E-state index in [4.69, 9.17) is 5.11 Å². The number of hydrogen-bond acceptors (Lipinski definition) is 2. The van der Waals surface area contributed by atoms with Gasteiger partial charge in [-0.3, -0.25) is 9.59 Å². The maximum absolute atomic E-state index is 11.8. The first-order chi connectivity index (χ1) is 7.10. The van der Waals surface area contributed by atoms with Crippen molar-refractivity contribution in [1.29, 1.82) is 0 Å². The number of carbonyl (C=O) groups is 2. The molecule has 1 amide bonds. The lowest BCUT2D eigenvalue weighted by Crippen LogP contribution is -2.51. The molecule has 2 atom stereocenters. The first-order valence-corrected chi connectivity index (χ1v) is 5.64. The van der Waals surface area contributed by atoms with Crippen molar-refractivity contribution in [2.24, 2.45) is 11.3 Å². The molecule has 0 spiro atoms. The average Bonchev–Trinajstić information content (AvgIpc) is 2.80. The summed E-state index contributed by atoms with van der Waals surface area (Å²) in [5.74, 6) is -0.651. The van der Waals surface area contributed by atoms with Gasteiger partial charge >= 0.3 is 5.97 Å². The molecule has 4 heteroatoms. The zero-order valence-corrected chi connectivity index (χ0v) is 8.95. The molecule has 0 aliphatic heterocycles. The molecule has 0 heterocycles. The summed E-state index contributed by atoms with van der Waals surface area (Å²) < 4.78 is 0. The van der Waals surface area contributed by atoms with Gasteiger partial charge in [0.25, 0.3) is 0 Å². The number of carboxylic acid groups (broad SMARTS) is 1. The molecule has 2 unspecified atom stereocenters. The Morgan fingerprint density at radius 1 is 1.47 bits per heavy atom. The van der Waals surface area contributed by atoms with Crippen LogP contribution < -0.4 is 5.32 Å². The van der Waals surface area contributed by atoms with Crippen molar-refractivity contribution < 1.29 is 14.7 Å². The standard InChI is InChI=1S/C11H17NO3/c1-2-7-6-8(7)12-9(13)11(10(14)15)4-3-5-11/h7-8H,2-6H2,1H3,(H,12,13)(H,14,15). The van der Waals surface area contributed by atoms with Crippen LogP contribution in [0.5, 0.6) is 0 Å². The van der Waals surface area contributed by atoms with Crippen molar-refractivity contribution >= 4 is 11.9 Å². The summed E-state index contributed by atoms with van der Waals surface area (Å²) in [6.07, 6.45) is 3.92. The molecule has 0 saturated heterocycles. The summed E-state index contributed by atoms with van der Waals surface area (Å²) in [5.41, 5.74) is -1.10. The highest BCUT2D eigenvalue weighted by Crippen LogP contribution is 2.43. The zero-order valence-electron chi connectivity index (χ0n) is 8.95. The second-order valence-corrected chi connectivity index (χ2v) is 4.72. The lowest BCUT2D eigenvalue weighted by atomic mass is 9.68. The summed E-state index contributed by atoms with van der Waals surface area (Å²) >= 11 is 0. The molecule has 4 nitrogen and oxygen atoms in total. The molecule has 0 aromatic carbocycles. The average molecular weight is 211 g/mol. The fourth-order valence-electron chi connectivity index (χ4n) is 2.25. The smallest absolute Gasteiger partial charge is 0.319 e. The van der Waals surface area contributed by atoms with E-state index in [2.05, 4.69) is 12.2 Å². The number of rotatable bonds is 4. The van der Waals surface area contributed by atoms with Gasteiger partial charge in [-0.2, -0.15) is 0 Å². The van der Waals surface area contributed by atoms with E-state index in [1.165, 1.54) is 0 Å². The van der Waals surface area contributed by atoms with E-state index < -0.39 is 11.4 Å². The van der Waals surface area contributed by atoms with E-state index >= 15 is 0 Å². The second-order valence-electron chi connectivity index (χ2n) is 4.72. The lowest BCUT2D eigenvalue weighted by molar-refractivity contribution is -0.162. The van der Waals surface area contributed by atoms with Crippen LogP contribution in [0, 0.1) is 11.3 Å². The van der Waals surface area contributed by atoms with Gasteiger partial charge in [0.05, 0.1) is 0 Å². The van der Waals surface area contributed by atoms with Crippen molar-refractivity contribution in [3.05, 3.63) is 0 Å². The van der Waals surface area contributed by atoms with Crippen molar-refractivity contribution in [1.82, 2.24) is 5.32 Å². The van der Waals surface area contributed by atoms with E-state index in [1.54, 1.807) is 0 Å². The molecule has 84 valence electrons. The van der Waals surface area contributed by atoms with Crippen LogP contribution in [0.25, 0.3) is 0 Å². The topological polar surface area (TPSA) is 66.4 Å². The van der Waals surface area contributed by atoms with Crippen LogP contribution in [0.1, 0.15) is 39.0 Å². The minimum Gasteiger partial charge on any atom is -0.480 e. The maximum Gasteiger partial charge on any atom is 0.319 e. The zero-order chi connectivity index (χ0) is 11.1. The van der Waals surface area contributed by atoms with E-state index in [1.807, 2.05) is 0 Å². The Labute approximate surface area is 89.0 Å². The Bertz CT molecular complexity index is 296. The normalized spacial score (nSPS) is 31.5. The monoisotopic (exact) mass is 211 g/mol. The van der Waals surface area contributed by atoms with Crippen LogP contribution in [0.2, 0.25) is 0 Å². The van der Waals surface area contributed by atoms with Gasteiger partial charge in [0.1, 0.15) is 5.41 Å². The van der Waals surface area contributed by atoms with Crippen molar-refractivity contribution in [2.75, 3.05) is 0 Å². The molecule has 0 aromatic rings. The van der Waals surface area contributed by atoms with E-state index in [9.17, 15) is 9.59 Å². The van der Waals surface area contributed by atoms with Gasteiger partial charge in [0.2, 0.25) is 5.91 Å². The Morgan fingerprint density at radius 2 is 2.13 bits per heavy atom. The largest absolute Gasteiger partial charge is 0.480 e. The number of hydrogen-bond donors (Lipinski definition) is 2. The third-order valence-corrected chi connectivity index (χ3v) is 3.81. The number of carbonyl (C=O) groups excluding carboxylic acids is 1. The first-order valence-electron chi connectivity index (χ1n) is 5.64. The van der Waals surface area contributed by atoms with Gasteiger partial charge in [-0.25, -0.2) is 0 Å². The van der Waals surface area contributed by atoms with Gasteiger partial charge in [-0.05, 0) is 25.2 Å². The van der Waals surface area contributed by atoms with E-state index in [0.29, 0.717) is 18.8 Å². The summed E-state index contributed by atoms with van der Waals surface area (Å²) in [4.78, 5) is 22.8. The van der Waals surface area contributed by atoms with Crippen LogP contribution in [-0.2, 0) is 9.59 Å². The maximum atomic E-state index is 11.8. The predicted molar refractivity (Wildman–Crippen MR) is 54.2 cm³/mol. The SMILES string of the molecule is CCC1CC1NC(=O)C1(C(=O)O)CCC1. The van der Waals surface area contributed by atoms with Crippen LogP contribution in [-0.4, -0.2) is 23.0 Å². The summed E-state index contributed by atoms with van der Waals surface area (Å²) in [6.45, 7) is 2.09. The fraction of sp³-hybridized carbons (Fsp3) is 0.818. The molecule has 2 N–H and O–H groups in total. The summed E-state index contributed by atoms with van der Waals surface area (Å²) in [5, 5.41) is 11.9. The molecule has 2 aliphatic rings. The molecule has 2 fully saturated rings. The van der Waals surface area contributed by atoms with E-state index in [-0.39, 0.29) is 11.9 Å². The molecule has 0 radical (unpaired) electrons. The van der Waals surface area contributed by atoms with Crippen LogP contribution >= 0.6 is 0 Å². The van der Waals surface area contributed by atoms with Crippen LogP contribution in [0.15, 0.2) is 0 Å². The Kier molecular flexibility index (Phi) is 2.44. The molecular weight excluding hydrogens is 194 g/mol. The fourth-order valence-corrected chi connectivity index (χ4v) is 2.25. The van der Waals surface area contributed by atoms with Crippen LogP contribution in [0.4, 0.5) is 0 Å². The van der Waals surface area contributed by atoms with Gasteiger partial charge in [-0.15, -0.1) is 0 Å². The van der Waals surface area contributed by atoms with Gasteiger partial charge in [-0.1, -0.05) is 19.8 Å². The number of amides is 1. The van der Waals surface area contributed by atoms with E-state index in [0.717, 1.165) is 19.3 Å². The third-order valence-electron chi connectivity index (χ3n) is 3.81. The highest BCUT2D eigenvalue weighted by molar-refractivity contribution is 6.03. The van der Waals surface area contributed by atoms with Gasteiger partial charge in [0, 0.05) is 6.04 Å². The molecule has 2 rings (SSSR count). The lowest BCUT2D eigenvalue weighted by Gasteiger charge is -2.35. The van der Waals surface area contributed by atoms with Gasteiger partial charge < -0.3 is 10.4 Å². The minimum atomic E-state index is -1.10. The Morgan fingerprint density at radius 3 is 2.47 bits per heavy atom. The molecule has 15 heavy (non-hydrogen) atoms. The highest BCUT2D eigenvalue weighted by atomic mass is 16.4. The molecule has 0 aromatic heterocycles. The van der Waals surface area contributed by atoms with Crippen molar-refractivity contribution in [2.45, 2.75) is 45.1 Å². The second kappa shape index (κ2) is 3.51. The molecule has 2 aliphatic carbocycles. The first kappa shape index (κ1) is 10.5. The minimum absolute atomic E-state index is 0.235. The number of carboxylic acids is 1. The summed E-state index contributed by atoms with van der Waals surface area (Å²) in [6, 6.07) is 0.235. The molecular formula is C11H17NO3. The molecule has 0 bridgehead atoms. The quantitative estimate of drug-likeness (QED) is 0.686. The van der Waals surface area contributed by atoms with Crippen LogP contribution in [0.3, 0.4) is 0 Å². The molecule has 2 saturated carbocycles. The third kappa shape index (κ3) is 1.62. The number of aliphatic carboxylic acids is 1. The number of nitrogens with one attached hydrogen (secondary N) is 1. The Balaban J connectivity index is 1.92. The van der Waals surface area contributed by atoms with Gasteiger partial charge in [0.15, 0.2) is 0 Å². The highest BCUT2D eigenvalue weighted by Gasteiger charge is 2.53. The Hall–Kier alpha value is -1.06. The predicted octanol–water partition coefficient (Wildman–Crippen LogP) is 1.16. The van der Waals surface area contributed by atoms with Crippen molar-refractivity contribution in [3.8, 4) is 0 Å². The summed E-state index contributed by atoms with van der Waals surface area (Å²) in [7, 11) is 0.